The molecular weight excluding hydrogens is 521 g/mol. The van der Waals surface area contributed by atoms with Gasteiger partial charge in [-0.3, -0.25) is 19.7 Å². The number of aromatic nitrogens is 4. The van der Waals surface area contributed by atoms with Crippen LogP contribution in [0, 0.1) is 12.7 Å². The average molecular weight is 558 g/mol. The smallest absolute Gasteiger partial charge is 0.338 e. The normalized spacial score (nSPS) is 14.2. The predicted octanol–water partition coefficient (Wildman–Crippen LogP) is 2.36. The van der Waals surface area contributed by atoms with Crippen molar-refractivity contribution in [3.8, 4) is 5.75 Å². The van der Waals surface area contributed by atoms with Crippen LogP contribution in [0.4, 0.5) is 10.3 Å². The summed E-state index contributed by atoms with van der Waals surface area (Å²) in [7, 11) is 1.30. The highest BCUT2D eigenvalue weighted by Crippen LogP contribution is 2.32. The van der Waals surface area contributed by atoms with Crippen molar-refractivity contribution in [3.05, 3.63) is 47.1 Å². The van der Waals surface area contributed by atoms with Crippen LogP contribution in [0.2, 0.25) is 0 Å². The number of carbonyl (C=O) groups excluding carboxylic acids is 2. The van der Waals surface area contributed by atoms with E-state index in [4.69, 9.17) is 19.9 Å². The third-order valence-corrected chi connectivity index (χ3v) is 6.59. The third-order valence-electron chi connectivity index (χ3n) is 6.59. The zero-order valence-corrected chi connectivity index (χ0v) is 23.1. The number of aryl methyl sites for hydroxylation is 2. The first kappa shape index (κ1) is 29.2. The van der Waals surface area contributed by atoms with E-state index in [-0.39, 0.29) is 22.9 Å². The molecule has 0 saturated carbocycles. The molecule has 0 radical (unpaired) electrons. The van der Waals surface area contributed by atoms with E-state index >= 15 is 0 Å². The summed E-state index contributed by atoms with van der Waals surface area (Å²) in [5, 5.41) is 6.82. The zero-order valence-electron chi connectivity index (χ0n) is 23.1. The molecule has 1 fully saturated rings. The van der Waals surface area contributed by atoms with Gasteiger partial charge in [-0.1, -0.05) is 12.2 Å². The van der Waals surface area contributed by atoms with Crippen molar-refractivity contribution >= 4 is 28.9 Å². The van der Waals surface area contributed by atoms with Crippen molar-refractivity contribution in [3.63, 3.8) is 0 Å². The molecule has 0 atom stereocenters. The number of imidazole rings is 1. The van der Waals surface area contributed by atoms with E-state index in [9.17, 15) is 14.0 Å². The van der Waals surface area contributed by atoms with E-state index in [1.807, 2.05) is 6.08 Å². The van der Waals surface area contributed by atoms with Crippen molar-refractivity contribution in [2.45, 2.75) is 33.4 Å². The minimum absolute atomic E-state index is 0.127. The van der Waals surface area contributed by atoms with Gasteiger partial charge in [0.2, 0.25) is 5.95 Å². The first-order chi connectivity index (χ1) is 19.4. The van der Waals surface area contributed by atoms with Crippen LogP contribution < -0.4 is 15.8 Å². The number of nitrogens with zero attached hydrogens (tertiary/aromatic N) is 5. The van der Waals surface area contributed by atoms with Crippen LogP contribution in [0.5, 0.6) is 5.75 Å². The first-order valence-corrected chi connectivity index (χ1v) is 13.3. The molecule has 3 N–H and O–H groups in total. The number of esters is 1. The van der Waals surface area contributed by atoms with Crippen LogP contribution in [0.15, 0.2) is 24.3 Å². The molecule has 1 aliphatic rings. The van der Waals surface area contributed by atoms with Crippen LogP contribution in [0.1, 0.15) is 39.9 Å². The molecule has 0 aliphatic carbocycles. The van der Waals surface area contributed by atoms with Crippen LogP contribution in [-0.4, -0.2) is 89.2 Å². The average Bonchev–Trinajstić information content (AvgIpc) is 3.46. The van der Waals surface area contributed by atoms with E-state index in [1.165, 1.54) is 18.7 Å². The van der Waals surface area contributed by atoms with Crippen LogP contribution in [0.25, 0.3) is 11.0 Å². The van der Waals surface area contributed by atoms with Gasteiger partial charge in [0.1, 0.15) is 11.3 Å². The van der Waals surface area contributed by atoms with E-state index < -0.39 is 17.7 Å². The number of halogens is 1. The molecule has 13 heteroatoms. The Hall–Kier alpha value is -3.81. The van der Waals surface area contributed by atoms with E-state index in [2.05, 4.69) is 20.3 Å². The number of allylic oxidation sites excluding steroid dienone is 1. The number of anilines is 1. The lowest BCUT2D eigenvalue weighted by atomic mass is 10.2. The first-order valence-electron chi connectivity index (χ1n) is 13.3. The number of ether oxygens (including phenoxy) is 3. The zero-order chi connectivity index (χ0) is 28.6. The number of carbonyl (C=O) groups is 2. The Bertz CT molecular complexity index is 1380. The van der Waals surface area contributed by atoms with Crippen molar-refractivity contribution in [2.75, 3.05) is 58.4 Å². The second-order valence-corrected chi connectivity index (χ2v) is 9.26. The lowest BCUT2D eigenvalue weighted by Gasteiger charge is -2.26. The number of fused-ring (bicyclic) bond motifs is 1. The summed E-state index contributed by atoms with van der Waals surface area (Å²) in [6.45, 7) is 8.63. The van der Waals surface area contributed by atoms with Gasteiger partial charge < -0.3 is 24.5 Å². The summed E-state index contributed by atoms with van der Waals surface area (Å²) in [6, 6.07) is 3.18. The summed E-state index contributed by atoms with van der Waals surface area (Å²) >= 11 is 0. The number of nitrogens with one attached hydrogen (secondary N) is 1. The Morgan fingerprint density at radius 2 is 2.02 bits per heavy atom. The summed E-state index contributed by atoms with van der Waals surface area (Å²) in [5.74, 6) is -1.37. The minimum Gasteiger partial charge on any atom is -0.491 e. The standard InChI is InChI=1S/C27H36FN7O5/c1-4-35-24(22(28)18(2)32-35)25(36)31-27-30-20-16-19(26(37)38-3)17-21(23(20)34(27)10-6-5-8-29)40-13-7-9-33-11-14-39-15-12-33/h5-6,16-17H,4,7-15,29H2,1-3H3,(H,30,31,36). The molecule has 40 heavy (non-hydrogen) atoms. The lowest BCUT2D eigenvalue weighted by molar-refractivity contribution is 0.0358. The second-order valence-electron chi connectivity index (χ2n) is 9.26. The molecule has 3 aromatic rings. The van der Waals surface area contributed by atoms with Gasteiger partial charge in [0.15, 0.2) is 11.5 Å². The molecule has 1 saturated heterocycles. The minimum atomic E-state index is -0.694. The molecule has 0 spiro atoms. The number of hydrogen-bond acceptors (Lipinski definition) is 9. The summed E-state index contributed by atoms with van der Waals surface area (Å²) in [4.78, 5) is 32.6. The van der Waals surface area contributed by atoms with Gasteiger partial charge >= 0.3 is 5.97 Å². The molecule has 0 unspecified atom stereocenters. The molecule has 3 heterocycles. The fourth-order valence-electron chi connectivity index (χ4n) is 4.59. The van der Waals surface area contributed by atoms with Crippen LogP contribution in [0.3, 0.4) is 0 Å². The second kappa shape index (κ2) is 13.5. The highest BCUT2D eigenvalue weighted by molar-refractivity contribution is 6.04. The summed E-state index contributed by atoms with van der Waals surface area (Å²) in [6.07, 6.45) is 4.36. The molecule has 0 bridgehead atoms. The monoisotopic (exact) mass is 557 g/mol. The van der Waals surface area contributed by atoms with E-state index in [0.29, 0.717) is 43.0 Å². The fourth-order valence-corrected chi connectivity index (χ4v) is 4.59. The van der Waals surface area contributed by atoms with Crippen molar-refractivity contribution in [1.29, 1.82) is 0 Å². The highest BCUT2D eigenvalue weighted by Gasteiger charge is 2.25. The predicted molar refractivity (Wildman–Crippen MR) is 147 cm³/mol. The maximum Gasteiger partial charge on any atom is 0.338 e. The van der Waals surface area contributed by atoms with Crippen LogP contribution >= 0.6 is 0 Å². The van der Waals surface area contributed by atoms with Gasteiger partial charge in [0.05, 0.1) is 43.7 Å². The highest BCUT2D eigenvalue weighted by atomic mass is 19.1. The number of hydrogen-bond donors (Lipinski definition) is 2. The Labute approximate surface area is 231 Å². The maximum atomic E-state index is 14.8. The number of benzene rings is 1. The van der Waals surface area contributed by atoms with Gasteiger partial charge in [-0.05, 0) is 32.4 Å². The fraction of sp³-hybridized carbons (Fsp3) is 0.481. The number of rotatable bonds is 12. The SMILES string of the molecule is CCn1nc(C)c(F)c1C(=O)Nc1nc2cc(C(=O)OC)cc(OCCCN3CCOCC3)c2n1CC=CCN. The quantitative estimate of drug-likeness (QED) is 0.195. The van der Waals surface area contributed by atoms with Crippen molar-refractivity contribution < 1.29 is 28.2 Å². The largest absolute Gasteiger partial charge is 0.491 e. The topological polar surface area (TPSA) is 139 Å². The Morgan fingerprint density at radius 3 is 2.73 bits per heavy atom. The molecule has 1 aromatic carbocycles. The molecular formula is C27H36FN7O5. The summed E-state index contributed by atoms with van der Waals surface area (Å²) < 4.78 is 34.4. The number of morpholine rings is 1. The third kappa shape index (κ3) is 6.49. The van der Waals surface area contributed by atoms with Gasteiger partial charge in [0.25, 0.3) is 5.91 Å². The molecule has 12 nitrogen and oxygen atoms in total. The molecule has 2 aromatic heterocycles. The number of nitrogens with two attached hydrogens (primary N) is 1. The van der Waals surface area contributed by atoms with E-state index in [0.717, 1.165) is 39.3 Å². The summed E-state index contributed by atoms with van der Waals surface area (Å²) in [5.41, 5.74) is 6.81. The Kier molecular flexibility index (Phi) is 9.85. The number of methoxy groups -OCH3 is 1. The molecule has 1 aliphatic heterocycles. The van der Waals surface area contributed by atoms with Gasteiger partial charge in [0, 0.05) is 39.3 Å². The Balaban J connectivity index is 1.70. The van der Waals surface area contributed by atoms with Gasteiger partial charge in [-0.2, -0.15) is 5.10 Å². The Morgan fingerprint density at radius 1 is 1.25 bits per heavy atom. The molecule has 4 rings (SSSR count). The van der Waals surface area contributed by atoms with Gasteiger partial charge in [-0.25, -0.2) is 14.2 Å². The maximum absolute atomic E-state index is 14.8. The van der Waals surface area contributed by atoms with E-state index in [1.54, 1.807) is 29.7 Å². The van der Waals surface area contributed by atoms with Crippen molar-refractivity contribution in [1.82, 2.24) is 24.2 Å². The van der Waals surface area contributed by atoms with Gasteiger partial charge in [-0.15, -0.1) is 0 Å². The number of amides is 1. The molecule has 216 valence electrons. The van der Waals surface area contributed by atoms with Crippen LogP contribution in [-0.2, 0) is 22.6 Å². The lowest BCUT2D eigenvalue weighted by Crippen LogP contribution is -2.37. The van der Waals surface area contributed by atoms with Crippen molar-refractivity contribution in [2.24, 2.45) is 5.73 Å². The molecule has 1 amide bonds.